The molecule has 1 heterocycles. The molecule has 3 nitrogen and oxygen atoms in total. The van der Waals surface area contributed by atoms with Crippen LogP contribution in [0.2, 0.25) is 0 Å². The van der Waals surface area contributed by atoms with Gasteiger partial charge in [-0.2, -0.15) is 0 Å². The van der Waals surface area contributed by atoms with Gasteiger partial charge in [0, 0.05) is 6.04 Å². The van der Waals surface area contributed by atoms with Gasteiger partial charge in [-0.1, -0.05) is 12.1 Å². The molecular formula is C14H20FNO2. The maximum absolute atomic E-state index is 12.8. The van der Waals surface area contributed by atoms with E-state index in [4.69, 9.17) is 9.47 Å². The number of ether oxygens (including phenoxy) is 2. The highest BCUT2D eigenvalue weighted by Crippen LogP contribution is 2.19. The standard InChI is InChI=1S/C14H20FNO2/c1-10(11-4-6-12(15)7-5-11)16-13-8-17-14(2,3)18-9-13/h4-7,10,13,16H,8-9H2,1-3H3. The van der Waals surface area contributed by atoms with Crippen LogP contribution in [0.5, 0.6) is 0 Å². The molecule has 0 saturated carbocycles. The summed E-state index contributed by atoms with van der Waals surface area (Å²) in [6.07, 6.45) is 0. The summed E-state index contributed by atoms with van der Waals surface area (Å²) in [6, 6.07) is 6.85. The number of benzene rings is 1. The Morgan fingerprint density at radius 3 is 2.33 bits per heavy atom. The highest BCUT2D eigenvalue weighted by Gasteiger charge is 2.28. The second-order valence-corrected chi connectivity index (χ2v) is 5.16. The molecule has 0 bridgehead atoms. The molecule has 0 radical (unpaired) electrons. The number of rotatable bonds is 3. The van der Waals surface area contributed by atoms with Crippen molar-refractivity contribution in [2.75, 3.05) is 13.2 Å². The average Bonchev–Trinajstić information content (AvgIpc) is 2.33. The van der Waals surface area contributed by atoms with Crippen molar-refractivity contribution in [3.63, 3.8) is 0 Å². The Balaban J connectivity index is 1.88. The third-order valence-corrected chi connectivity index (χ3v) is 3.12. The lowest BCUT2D eigenvalue weighted by Gasteiger charge is -2.36. The minimum atomic E-state index is -0.489. The summed E-state index contributed by atoms with van der Waals surface area (Å²) >= 11 is 0. The van der Waals surface area contributed by atoms with Gasteiger partial charge in [-0.3, -0.25) is 0 Å². The van der Waals surface area contributed by atoms with Crippen LogP contribution in [0.3, 0.4) is 0 Å². The van der Waals surface area contributed by atoms with Gasteiger partial charge in [0.05, 0.1) is 19.3 Å². The maximum atomic E-state index is 12.8. The lowest BCUT2D eigenvalue weighted by Crippen LogP contribution is -2.49. The number of hydrogen-bond acceptors (Lipinski definition) is 3. The first-order valence-electron chi connectivity index (χ1n) is 6.26. The fourth-order valence-corrected chi connectivity index (χ4v) is 1.99. The Kier molecular flexibility index (Phi) is 4.00. The fourth-order valence-electron chi connectivity index (χ4n) is 1.99. The van der Waals surface area contributed by atoms with Crippen molar-refractivity contribution in [1.29, 1.82) is 0 Å². The highest BCUT2D eigenvalue weighted by molar-refractivity contribution is 5.19. The van der Waals surface area contributed by atoms with Crippen molar-refractivity contribution in [3.05, 3.63) is 35.6 Å². The Labute approximate surface area is 107 Å². The van der Waals surface area contributed by atoms with Gasteiger partial charge in [0.1, 0.15) is 5.82 Å². The Morgan fingerprint density at radius 2 is 1.78 bits per heavy atom. The van der Waals surface area contributed by atoms with Gasteiger partial charge in [0.15, 0.2) is 5.79 Å². The molecule has 1 fully saturated rings. The molecule has 1 N–H and O–H groups in total. The third kappa shape index (κ3) is 3.51. The largest absolute Gasteiger partial charge is 0.349 e. The van der Waals surface area contributed by atoms with Crippen molar-refractivity contribution in [3.8, 4) is 0 Å². The van der Waals surface area contributed by atoms with Gasteiger partial charge in [-0.15, -0.1) is 0 Å². The lowest BCUT2D eigenvalue weighted by atomic mass is 10.1. The van der Waals surface area contributed by atoms with Crippen molar-refractivity contribution in [2.24, 2.45) is 0 Å². The van der Waals surface area contributed by atoms with E-state index in [0.29, 0.717) is 13.2 Å². The summed E-state index contributed by atoms with van der Waals surface area (Å²) in [4.78, 5) is 0. The molecule has 1 unspecified atom stereocenters. The second kappa shape index (κ2) is 5.34. The number of halogens is 1. The molecule has 1 aliphatic rings. The number of nitrogens with one attached hydrogen (secondary N) is 1. The third-order valence-electron chi connectivity index (χ3n) is 3.12. The van der Waals surface area contributed by atoms with Crippen molar-refractivity contribution >= 4 is 0 Å². The van der Waals surface area contributed by atoms with E-state index in [2.05, 4.69) is 5.32 Å². The zero-order valence-corrected chi connectivity index (χ0v) is 11.1. The summed E-state index contributed by atoms with van der Waals surface area (Å²) in [6.45, 7) is 7.11. The smallest absolute Gasteiger partial charge is 0.162 e. The molecule has 100 valence electrons. The van der Waals surface area contributed by atoms with E-state index in [-0.39, 0.29) is 17.9 Å². The van der Waals surface area contributed by atoms with Crippen LogP contribution in [0, 0.1) is 5.82 Å². The molecule has 1 atom stereocenters. The van der Waals surface area contributed by atoms with E-state index < -0.39 is 5.79 Å². The van der Waals surface area contributed by atoms with Crippen LogP contribution < -0.4 is 5.32 Å². The minimum Gasteiger partial charge on any atom is -0.349 e. The Hall–Kier alpha value is -0.970. The van der Waals surface area contributed by atoms with Gasteiger partial charge >= 0.3 is 0 Å². The van der Waals surface area contributed by atoms with Gasteiger partial charge < -0.3 is 14.8 Å². The van der Waals surface area contributed by atoms with E-state index in [1.54, 1.807) is 12.1 Å². The van der Waals surface area contributed by atoms with Gasteiger partial charge in [-0.25, -0.2) is 4.39 Å². The van der Waals surface area contributed by atoms with Crippen molar-refractivity contribution in [2.45, 2.75) is 38.6 Å². The molecule has 1 saturated heterocycles. The average molecular weight is 253 g/mol. The molecule has 1 aromatic carbocycles. The van der Waals surface area contributed by atoms with E-state index in [1.807, 2.05) is 20.8 Å². The van der Waals surface area contributed by atoms with Gasteiger partial charge in [0.2, 0.25) is 0 Å². The molecular weight excluding hydrogens is 233 g/mol. The van der Waals surface area contributed by atoms with Crippen LogP contribution in [0.25, 0.3) is 0 Å². The summed E-state index contributed by atoms with van der Waals surface area (Å²) in [5.41, 5.74) is 1.06. The number of hydrogen-bond donors (Lipinski definition) is 1. The summed E-state index contributed by atoms with van der Waals surface area (Å²) in [5, 5.41) is 3.42. The predicted molar refractivity (Wildman–Crippen MR) is 67.7 cm³/mol. The highest BCUT2D eigenvalue weighted by atomic mass is 19.1. The first kappa shape index (κ1) is 13.5. The van der Waals surface area contributed by atoms with E-state index in [1.165, 1.54) is 12.1 Å². The first-order valence-corrected chi connectivity index (χ1v) is 6.26. The normalized spacial score (nSPS) is 21.8. The predicted octanol–water partition coefficient (Wildman–Crippen LogP) is 2.63. The zero-order chi connectivity index (χ0) is 13.2. The monoisotopic (exact) mass is 253 g/mol. The van der Waals surface area contributed by atoms with Crippen molar-refractivity contribution in [1.82, 2.24) is 5.32 Å². The molecule has 1 aromatic rings. The van der Waals surface area contributed by atoms with Crippen LogP contribution in [-0.4, -0.2) is 25.0 Å². The zero-order valence-electron chi connectivity index (χ0n) is 11.1. The fraction of sp³-hybridized carbons (Fsp3) is 0.571. The van der Waals surface area contributed by atoms with E-state index in [0.717, 1.165) is 5.56 Å². The molecule has 0 amide bonds. The molecule has 4 heteroatoms. The van der Waals surface area contributed by atoms with E-state index >= 15 is 0 Å². The van der Waals surface area contributed by atoms with Crippen LogP contribution in [0.15, 0.2) is 24.3 Å². The molecule has 0 aliphatic carbocycles. The Bertz CT molecular complexity index is 381. The van der Waals surface area contributed by atoms with Gasteiger partial charge in [-0.05, 0) is 38.5 Å². The SMILES string of the molecule is CC(NC1COC(C)(C)OC1)c1ccc(F)cc1. The minimum absolute atomic E-state index is 0.143. The van der Waals surface area contributed by atoms with Crippen LogP contribution in [0.1, 0.15) is 32.4 Å². The van der Waals surface area contributed by atoms with Crippen LogP contribution in [-0.2, 0) is 9.47 Å². The lowest BCUT2D eigenvalue weighted by molar-refractivity contribution is -0.253. The van der Waals surface area contributed by atoms with Crippen LogP contribution >= 0.6 is 0 Å². The molecule has 1 aliphatic heterocycles. The quantitative estimate of drug-likeness (QED) is 0.898. The Morgan fingerprint density at radius 1 is 1.22 bits per heavy atom. The summed E-state index contributed by atoms with van der Waals surface area (Å²) in [5.74, 6) is -0.700. The second-order valence-electron chi connectivity index (χ2n) is 5.16. The molecule has 0 aromatic heterocycles. The molecule has 18 heavy (non-hydrogen) atoms. The van der Waals surface area contributed by atoms with Crippen molar-refractivity contribution < 1.29 is 13.9 Å². The van der Waals surface area contributed by atoms with Crippen LogP contribution in [0.4, 0.5) is 4.39 Å². The molecule has 0 spiro atoms. The molecule has 2 rings (SSSR count). The first-order chi connectivity index (χ1) is 8.46. The summed E-state index contributed by atoms with van der Waals surface area (Å²) in [7, 11) is 0. The van der Waals surface area contributed by atoms with Gasteiger partial charge in [0.25, 0.3) is 0 Å². The summed E-state index contributed by atoms with van der Waals surface area (Å²) < 4.78 is 24.0. The maximum Gasteiger partial charge on any atom is 0.162 e. The van der Waals surface area contributed by atoms with E-state index in [9.17, 15) is 4.39 Å². The topological polar surface area (TPSA) is 30.5 Å².